The zero-order chi connectivity index (χ0) is 13.9. The molecule has 0 aromatic heterocycles. The van der Waals surface area contributed by atoms with Crippen LogP contribution in [0.15, 0.2) is 36.4 Å². The molecule has 2 aliphatic rings. The third-order valence-electron chi connectivity index (χ3n) is 4.74. The van der Waals surface area contributed by atoms with Crippen molar-refractivity contribution in [3.8, 4) is 0 Å². The lowest BCUT2D eigenvalue weighted by molar-refractivity contribution is -0.923. The highest BCUT2D eigenvalue weighted by molar-refractivity contribution is 5.87. The van der Waals surface area contributed by atoms with E-state index in [0.717, 1.165) is 18.4 Å². The summed E-state index contributed by atoms with van der Waals surface area (Å²) in [5, 5.41) is 0. The maximum Gasteiger partial charge on any atom is 0.331 e. The van der Waals surface area contributed by atoms with Crippen molar-refractivity contribution in [1.29, 1.82) is 0 Å². The molecule has 2 unspecified atom stereocenters. The summed E-state index contributed by atoms with van der Waals surface area (Å²) in [6.45, 7) is 0. The van der Waals surface area contributed by atoms with Crippen molar-refractivity contribution < 1.29 is 26.8 Å². The first-order valence-electron chi connectivity index (χ1n) is 7.49. The first kappa shape index (κ1) is 16.1. The van der Waals surface area contributed by atoms with E-state index in [2.05, 4.69) is 7.05 Å². The first-order valence-corrected chi connectivity index (χ1v) is 7.49. The average molecular weight is 308 g/mol. The predicted octanol–water partition coefficient (Wildman–Crippen LogP) is -1.54. The van der Waals surface area contributed by atoms with Gasteiger partial charge in [0.05, 0.1) is 19.1 Å². The Morgan fingerprint density at radius 3 is 2.43 bits per heavy atom. The molecular formula is C17H22ClNO2. The molecule has 0 amide bonds. The molecule has 1 aromatic carbocycles. The number of nitrogens with one attached hydrogen (secondary N) is 1. The number of halogens is 1. The molecule has 2 atom stereocenters. The van der Waals surface area contributed by atoms with Crippen LogP contribution in [0.2, 0.25) is 0 Å². The predicted molar refractivity (Wildman–Crippen MR) is 78.3 cm³/mol. The van der Waals surface area contributed by atoms with E-state index in [4.69, 9.17) is 4.74 Å². The molecule has 0 aliphatic carbocycles. The fourth-order valence-electron chi connectivity index (χ4n) is 3.56. The Morgan fingerprint density at radius 1 is 1.19 bits per heavy atom. The van der Waals surface area contributed by atoms with Gasteiger partial charge < -0.3 is 22.0 Å². The van der Waals surface area contributed by atoms with Gasteiger partial charge in [-0.1, -0.05) is 30.3 Å². The third kappa shape index (κ3) is 3.86. The molecule has 3 rings (SSSR count). The summed E-state index contributed by atoms with van der Waals surface area (Å²) >= 11 is 0. The fourth-order valence-corrected chi connectivity index (χ4v) is 3.56. The van der Waals surface area contributed by atoms with Crippen LogP contribution in [-0.4, -0.2) is 31.2 Å². The van der Waals surface area contributed by atoms with E-state index < -0.39 is 0 Å². The Labute approximate surface area is 132 Å². The van der Waals surface area contributed by atoms with Crippen LogP contribution in [-0.2, 0) is 9.53 Å². The SMILES string of the molecule is C[NH+]1C2CCC1CC(OC(=O)/C=C/c1ccccc1)C2.[Cl-]. The van der Waals surface area contributed by atoms with Crippen molar-refractivity contribution >= 4 is 12.0 Å². The maximum absolute atomic E-state index is 11.9. The number of hydrogen-bond acceptors (Lipinski definition) is 2. The maximum atomic E-state index is 11.9. The van der Waals surface area contributed by atoms with Crippen LogP contribution in [0.4, 0.5) is 0 Å². The molecule has 0 radical (unpaired) electrons. The van der Waals surface area contributed by atoms with E-state index in [9.17, 15) is 4.79 Å². The number of benzene rings is 1. The summed E-state index contributed by atoms with van der Waals surface area (Å²) in [6, 6.07) is 11.2. The molecule has 1 N–H and O–H groups in total. The van der Waals surface area contributed by atoms with Crippen LogP contribution in [0.1, 0.15) is 31.2 Å². The summed E-state index contributed by atoms with van der Waals surface area (Å²) in [6.07, 6.45) is 8.08. The zero-order valence-electron chi connectivity index (χ0n) is 12.3. The number of esters is 1. The lowest BCUT2D eigenvalue weighted by atomic mass is 10.0. The van der Waals surface area contributed by atoms with E-state index in [0.29, 0.717) is 12.1 Å². The fraction of sp³-hybridized carbons (Fsp3) is 0.471. The minimum absolute atomic E-state index is 0. The number of fused-ring (bicyclic) bond motifs is 2. The largest absolute Gasteiger partial charge is 1.00 e. The van der Waals surface area contributed by atoms with Crippen LogP contribution in [0, 0.1) is 0 Å². The Hall–Kier alpha value is -1.32. The van der Waals surface area contributed by atoms with Crippen molar-refractivity contribution in [3.63, 3.8) is 0 Å². The minimum atomic E-state index is -0.210. The van der Waals surface area contributed by atoms with Gasteiger partial charge in [0.2, 0.25) is 0 Å². The Bertz CT molecular complexity index is 489. The number of quaternary nitrogens is 1. The van der Waals surface area contributed by atoms with Crippen molar-refractivity contribution in [2.45, 2.75) is 43.9 Å². The summed E-state index contributed by atoms with van der Waals surface area (Å²) in [4.78, 5) is 13.5. The van der Waals surface area contributed by atoms with E-state index in [1.54, 1.807) is 11.0 Å². The monoisotopic (exact) mass is 307 g/mol. The van der Waals surface area contributed by atoms with Gasteiger partial charge >= 0.3 is 5.97 Å². The lowest BCUT2D eigenvalue weighted by Gasteiger charge is -2.32. The van der Waals surface area contributed by atoms with E-state index >= 15 is 0 Å². The highest BCUT2D eigenvalue weighted by Crippen LogP contribution is 2.24. The molecule has 2 fully saturated rings. The van der Waals surface area contributed by atoms with Crippen LogP contribution >= 0.6 is 0 Å². The average Bonchev–Trinajstić information content (AvgIpc) is 2.68. The van der Waals surface area contributed by atoms with Crippen molar-refractivity contribution in [2.24, 2.45) is 0 Å². The van der Waals surface area contributed by atoms with Gasteiger partial charge in [-0.25, -0.2) is 4.79 Å². The zero-order valence-corrected chi connectivity index (χ0v) is 13.1. The van der Waals surface area contributed by atoms with Gasteiger partial charge in [0.25, 0.3) is 0 Å². The molecule has 1 aromatic rings. The second kappa shape index (κ2) is 7.10. The quantitative estimate of drug-likeness (QED) is 0.542. The van der Waals surface area contributed by atoms with Crippen molar-refractivity contribution in [3.05, 3.63) is 42.0 Å². The van der Waals surface area contributed by atoms with Crippen molar-refractivity contribution in [2.75, 3.05) is 7.05 Å². The number of hydrogen-bond donors (Lipinski definition) is 1. The van der Waals surface area contributed by atoms with Crippen LogP contribution in [0.5, 0.6) is 0 Å². The molecule has 2 saturated heterocycles. The van der Waals surface area contributed by atoms with Gasteiger partial charge in [-0.05, 0) is 11.6 Å². The van der Waals surface area contributed by atoms with E-state index in [1.165, 1.54) is 12.8 Å². The van der Waals surface area contributed by atoms with Gasteiger partial charge in [0, 0.05) is 31.8 Å². The van der Waals surface area contributed by atoms with Gasteiger partial charge in [0.15, 0.2) is 0 Å². The smallest absolute Gasteiger partial charge is 0.331 e. The topological polar surface area (TPSA) is 30.7 Å². The molecule has 3 nitrogen and oxygen atoms in total. The minimum Gasteiger partial charge on any atom is -1.00 e. The number of ether oxygens (including phenoxy) is 1. The number of carbonyl (C=O) groups is 1. The Morgan fingerprint density at radius 2 is 1.81 bits per heavy atom. The van der Waals surface area contributed by atoms with Gasteiger partial charge in [0.1, 0.15) is 6.10 Å². The lowest BCUT2D eigenvalue weighted by Crippen LogP contribution is -3.15. The number of rotatable bonds is 3. The van der Waals surface area contributed by atoms with Crippen LogP contribution in [0.3, 0.4) is 0 Å². The molecule has 4 heteroatoms. The van der Waals surface area contributed by atoms with Gasteiger partial charge in [-0.2, -0.15) is 0 Å². The van der Waals surface area contributed by atoms with E-state index in [1.807, 2.05) is 36.4 Å². The van der Waals surface area contributed by atoms with E-state index in [-0.39, 0.29) is 24.5 Å². The molecule has 21 heavy (non-hydrogen) atoms. The highest BCUT2D eigenvalue weighted by atomic mass is 35.5. The molecular weight excluding hydrogens is 286 g/mol. The molecule has 2 heterocycles. The summed E-state index contributed by atoms with van der Waals surface area (Å²) in [5.74, 6) is -0.210. The van der Waals surface area contributed by atoms with Crippen LogP contribution in [0.25, 0.3) is 6.08 Å². The molecule has 114 valence electrons. The standard InChI is InChI=1S/C17H21NO2.ClH/c1-18-14-8-9-15(18)12-16(11-14)20-17(19)10-7-13-5-3-2-4-6-13;/h2-7,10,14-16H,8-9,11-12H2,1H3;1H/b10-7+;. The van der Waals surface area contributed by atoms with Crippen molar-refractivity contribution in [1.82, 2.24) is 0 Å². The molecule has 0 spiro atoms. The second-order valence-electron chi connectivity index (χ2n) is 5.99. The van der Waals surface area contributed by atoms with Gasteiger partial charge in [-0.15, -0.1) is 0 Å². The van der Waals surface area contributed by atoms with Crippen LogP contribution < -0.4 is 17.3 Å². The number of carbonyl (C=O) groups excluding carboxylic acids is 1. The number of piperidine rings is 1. The Balaban J connectivity index is 0.00000161. The highest BCUT2D eigenvalue weighted by Gasteiger charge is 2.43. The molecule has 2 bridgehead atoms. The second-order valence-corrected chi connectivity index (χ2v) is 5.99. The van der Waals surface area contributed by atoms with Gasteiger partial charge in [-0.3, -0.25) is 0 Å². The summed E-state index contributed by atoms with van der Waals surface area (Å²) < 4.78 is 5.60. The first-order chi connectivity index (χ1) is 9.72. The molecule has 2 aliphatic heterocycles. The summed E-state index contributed by atoms with van der Waals surface area (Å²) in [5.41, 5.74) is 1.03. The Kier molecular flexibility index (Phi) is 5.43. The third-order valence-corrected chi connectivity index (χ3v) is 4.74. The molecule has 0 saturated carbocycles. The summed E-state index contributed by atoms with van der Waals surface area (Å²) in [7, 11) is 2.27. The normalized spacial score (nSPS) is 30.9.